The quantitative estimate of drug-likeness (QED) is 0.763. The molecule has 0 aromatic heterocycles. The van der Waals surface area contributed by atoms with Gasteiger partial charge in [-0.05, 0) is 59.4 Å². The van der Waals surface area contributed by atoms with E-state index in [1.54, 1.807) is 6.07 Å². The molecule has 0 amide bonds. The summed E-state index contributed by atoms with van der Waals surface area (Å²) in [6.45, 7) is 0. The largest absolute Gasteiger partial charge is 0.192 e. The number of nitriles is 2. The molecule has 23 heavy (non-hydrogen) atoms. The van der Waals surface area contributed by atoms with Gasteiger partial charge in [0.25, 0.3) is 0 Å². The van der Waals surface area contributed by atoms with Crippen LogP contribution in [0.5, 0.6) is 0 Å². The lowest BCUT2D eigenvalue weighted by molar-refractivity contribution is 0.532. The minimum atomic E-state index is 0.350. The van der Waals surface area contributed by atoms with Gasteiger partial charge in [0.15, 0.2) is 0 Å². The summed E-state index contributed by atoms with van der Waals surface area (Å²) >= 11 is 0. The molecule has 0 aliphatic heterocycles. The maximum absolute atomic E-state index is 9.50. The summed E-state index contributed by atoms with van der Waals surface area (Å²) in [5, 5.41) is 18.9. The van der Waals surface area contributed by atoms with Crippen LogP contribution < -0.4 is 0 Å². The van der Waals surface area contributed by atoms with Gasteiger partial charge in [0.05, 0.1) is 23.3 Å². The molecule has 1 saturated carbocycles. The number of fused-ring (bicyclic) bond motifs is 3. The highest BCUT2D eigenvalue weighted by Gasteiger charge is 2.40. The van der Waals surface area contributed by atoms with E-state index in [4.69, 9.17) is 0 Å². The van der Waals surface area contributed by atoms with Crippen LogP contribution >= 0.6 is 0 Å². The average molecular weight is 296 g/mol. The van der Waals surface area contributed by atoms with Crippen LogP contribution in [-0.4, -0.2) is 0 Å². The first kappa shape index (κ1) is 13.8. The Morgan fingerprint density at radius 1 is 0.826 bits per heavy atom. The first-order valence-electron chi connectivity index (χ1n) is 8.03. The molecule has 110 valence electrons. The van der Waals surface area contributed by atoms with Gasteiger partial charge in [0.2, 0.25) is 0 Å². The normalized spacial score (nSPS) is 24.3. The van der Waals surface area contributed by atoms with Crippen LogP contribution in [0.2, 0.25) is 0 Å². The second kappa shape index (κ2) is 5.41. The third-order valence-electron chi connectivity index (χ3n) is 5.33. The molecule has 0 radical (unpaired) electrons. The summed E-state index contributed by atoms with van der Waals surface area (Å²) in [6, 6.07) is 18.8. The standard InChI is InChI=1S/C21H16N2/c22-12-15-6-7-16(13-23)21-18(15)9-10-19-17(8-11-20(19)21)14-4-2-1-3-5-14/h1-7,9-10,17,19-20H,8,11H2. The van der Waals surface area contributed by atoms with Gasteiger partial charge >= 0.3 is 0 Å². The Morgan fingerprint density at radius 3 is 2.26 bits per heavy atom. The molecule has 0 N–H and O–H groups in total. The van der Waals surface area contributed by atoms with Crippen LogP contribution in [-0.2, 0) is 0 Å². The number of benzene rings is 2. The van der Waals surface area contributed by atoms with E-state index in [0.717, 1.165) is 29.5 Å². The lowest BCUT2D eigenvalue weighted by Crippen LogP contribution is -2.16. The van der Waals surface area contributed by atoms with Gasteiger partial charge in [-0.2, -0.15) is 10.5 Å². The molecule has 3 atom stereocenters. The second-order valence-electron chi connectivity index (χ2n) is 6.35. The molecule has 0 bridgehead atoms. The third-order valence-corrected chi connectivity index (χ3v) is 5.33. The van der Waals surface area contributed by atoms with E-state index < -0.39 is 0 Å². The maximum atomic E-state index is 9.50. The van der Waals surface area contributed by atoms with Gasteiger partial charge in [0.1, 0.15) is 0 Å². The van der Waals surface area contributed by atoms with Crippen molar-refractivity contribution < 1.29 is 0 Å². The van der Waals surface area contributed by atoms with Gasteiger partial charge in [0, 0.05) is 0 Å². The first-order valence-corrected chi connectivity index (χ1v) is 8.03. The van der Waals surface area contributed by atoms with E-state index >= 15 is 0 Å². The number of rotatable bonds is 1. The van der Waals surface area contributed by atoms with Crippen molar-refractivity contribution in [2.24, 2.45) is 5.92 Å². The Bertz CT molecular complexity index is 865. The zero-order chi connectivity index (χ0) is 15.8. The Hall–Kier alpha value is -2.84. The predicted molar refractivity (Wildman–Crippen MR) is 89.6 cm³/mol. The minimum absolute atomic E-state index is 0.350. The highest BCUT2D eigenvalue weighted by atomic mass is 14.4. The molecule has 1 fully saturated rings. The summed E-state index contributed by atoms with van der Waals surface area (Å²) in [6.07, 6.45) is 6.53. The van der Waals surface area contributed by atoms with Crippen molar-refractivity contribution in [3.8, 4) is 12.1 Å². The molecule has 2 aliphatic rings. The lowest BCUT2D eigenvalue weighted by atomic mass is 9.74. The Kier molecular flexibility index (Phi) is 3.25. The molecule has 4 rings (SSSR count). The molecular weight excluding hydrogens is 280 g/mol. The lowest BCUT2D eigenvalue weighted by Gasteiger charge is -2.28. The average Bonchev–Trinajstić information content (AvgIpc) is 3.05. The highest BCUT2D eigenvalue weighted by Crippen LogP contribution is 2.53. The van der Waals surface area contributed by atoms with E-state index in [1.807, 2.05) is 6.07 Å². The third kappa shape index (κ3) is 2.07. The smallest absolute Gasteiger partial charge is 0.0998 e. The van der Waals surface area contributed by atoms with Crippen LogP contribution in [0.25, 0.3) is 6.08 Å². The van der Waals surface area contributed by atoms with Gasteiger partial charge in [-0.15, -0.1) is 0 Å². The van der Waals surface area contributed by atoms with Crippen molar-refractivity contribution in [2.75, 3.05) is 0 Å². The fourth-order valence-electron chi connectivity index (χ4n) is 4.34. The maximum Gasteiger partial charge on any atom is 0.0998 e. The predicted octanol–water partition coefficient (Wildman–Crippen LogP) is 4.73. The molecule has 0 spiro atoms. The molecule has 0 heterocycles. The molecule has 2 heteroatoms. The van der Waals surface area contributed by atoms with Crippen molar-refractivity contribution in [3.05, 3.63) is 76.4 Å². The fraction of sp³-hybridized carbons (Fsp3) is 0.238. The van der Waals surface area contributed by atoms with Gasteiger partial charge in [-0.1, -0.05) is 42.5 Å². The summed E-state index contributed by atoms with van der Waals surface area (Å²) in [5.41, 5.74) is 4.84. The van der Waals surface area contributed by atoms with E-state index in [1.165, 1.54) is 5.56 Å². The van der Waals surface area contributed by atoms with Crippen molar-refractivity contribution in [3.63, 3.8) is 0 Å². The molecule has 2 aromatic rings. The van der Waals surface area contributed by atoms with Crippen molar-refractivity contribution in [2.45, 2.75) is 24.7 Å². The number of hydrogen-bond acceptors (Lipinski definition) is 2. The van der Waals surface area contributed by atoms with Crippen LogP contribution in [0.1, 0.15) is 52.5 Å². The number of hydrogen-bond donors (Lipinski definition) is 0. The van der Waals surface area contributed by atoms with Crippen molar-refractivity contribution in [1.29, 1.82) is 10.5 Å². The molecule has 2 nitrogen and oxygen atoms in total. The van der Waals surface area contributed by atoms with E-state index in [-0.39, 0.29) is 0 Å². The molecule has 3 unspecified atom stereocenters. The van der Waals surface area contributed by atoms with E-state index in [0.29, 0.717) is 23.3 Å². The SMILES string of the molecule is N#Cc1ccc(C#N)c2c1C=CC1C(c3ccccc3)CCC21. The number of allylic oxidation sites excluding steroid dienone is 1. The summed E-state index contributed by atoms with van der Waals surface area (Å²) in [5.74, 6) is 1.27. The monoisotopic (exact) mass is 296 g/mol. The van der Waals surface area contributed by atoms with Crippen molar-refractivity contribution >= 4 is 6.08 Å². The van der Waals surface area contributed by atoms with Gasteiger partial charge < -0.3 is 0 Å². The fourth-order valence-corrected chi connectivity index (χ4v) is 4.34. The van der Waals surface area contributed by atoms with Crippen molar-refractivity contribution in [1.82, 2.24) is 0 Å². The molecule has 2 aliphatic carbocycles. The summed E-state index contributed by atoms with van der Waals surface area (Å²) in [4.78, 5) is 0. The zero-order valence-electron chi connectivity index (χ0n) is 12.7. The van der Waals surface area contributed by atoms with Gasteiger partial charge in [-0.25, -0.2) is 0 Å². The van der Waals surface area contributed by atoms with Crippen LogP contribution in [0.4, 0.5) is 0 Å². The molecular formula is C21H16N2. The minimum Gasteiger partial charge on any atom is -0.192 e. The van der Waals surface area contributed by atoms with E-state index in [9.17, 15) is 10.5 Å². The molecule has 2 aromatic carbocycles. The second-order valence-corrected chi connectivity index (χ2v) is 6.35. The first-order chi connectivity index (χ1) is 11.3. The molecule has 0 saturated heterocycles. The Balaban J connectivity index is 1.82. The van der Waals surface area contributed by atoms with Crippen LogP contribution in [0.3, 0.4) is 0 Å². The topological polar surface area (TPSA) is 47.6 Å². The number of nitrogens with zero attached hydrogens (tertiary/aromatic N) is 2. The summed E-state index contributed by atoms with van der Waals surface area (Å²) in [7, 11) is 0. The summed E-state index contributed by atoms with van der Waals surface area (Å²) < 4.78 is 0. The Morgan fingerprint density at radius 2 is 1.52 bits per heavy atom. The van der Waals surface area contributed by atoms with Crippen LogP contribution in [0, 0.1) is 28.6 Å². The highest BCUT2D eigenvalue weighted by molar-refractivity contribution is 5.69. The Labute approximate surface area is 136 Å². The van der Waals surface area contributed by atoms with E-state index in [2.05, 4.69) is 54.6 Å². The van der Waals surface area contributed by atoms with Crippen LogP contribution in [0.15, 0.2) is 48.5 Å². The van der Waals surface area contributed by atoms with Gasteiger partial charge in [-0.3, -0.25) is 0 Å². The zero-order valence-corrected chi connectivity index (χ0v) is 12.7.